The molecule has 0 aromatic heterocycles. The quantitative estimate of drug-likeness (QED) is 0.238. The summed E-state index contributed by atoms with van der Waals surface area (Å²) in [6, 6.07) is 10.9. The number of allylic oxidation sites excluding steroid dienone is 1. The van der Waals surface area contributed by atoms with E-state index in [0.717, 1.165) is 62.3 Å². The topological polar surface area (TPSA) is 0 Å². The standard InChI is InChI=1S/C29H27F5/c1-2-3-4-18-5-7-19(8-6-18)20-9-11-23(26(31)13-20)21-10-12-24(27(32)14-21)22-15-28(33)25(17-30)29(34)16-22/h2,9-16,18-19H,1,3-8,17H2. The monoisotopic (exact) mass is 470 g/mol. The number of alkyl halides is 1. The minimum atomic E-state index is -1.29. The summed E-state index contributed by atoms with van der Waals surface area (Å²) in [7, 11) is 0. The zero-order valence-corrected chi connectivity index (χ0v) is 18.9. The van der Waals surface area contributed by atoms with Crippen LogP contribution in [0.1, 0.15) is 55.6 Å². The summed E-state index contributed by atoms with van der Waals surface area (Å²) in [5, 5.41) is 0. The van der Waals surface area contributed by atoms with Crippen molar-refractivity contribution in [1.82, 2.24) is 0 Å². The van der Waals surface area contributed by atoms with Gasteiger partial charge in [-0.1, -0.05) is 30.3 Å². The highest BCUT2D eigenvalue weighted by molar-refractivity contribution is 5.72. The van der Waals surface area contributed by atoms with Gasteiger partial charge in [0.05, 0.1) is 5.56 Å². The van der Waals surface area contributed by atoms with E-state index in [9.17, 15) is 17.6 Å². The molecule has 0 spiro atoms. The molecule has 3 aromatic rings. The molecular weight excluding hydrogens is 443 g/mol. The highest BCUT2D eigenvalue weighted by Crippen LogP contribution is 2.39. The van der Waals surface area contributed by atoms with Crippen LogP contribution in [-0.2, 0) is 6.67 Å². The maximum absolute atomic E-state index is 15.0. The lowest BCUT2D eigenvalue weighted by molar-refractivity contribution is 0.311. The van der Waals surface area contributed by atoms with Crippen LogP contribution < -0.4 is 0 Å². The fourth-order valence-corrected chi connectivity index (χ4v) is 4.96. The molecular formula is C29H27F5. The van der Waals surface area contributed by atoms with Gasteiger partial charge in [-0.3, -0.25) is 0 Å². The predicted molar refractivity (Wildman–Crippen MR) is 126 cm³/mol. The van der Waals surface area contributed by atoms with Crippen molar-refractivity contribution in [3.63, 3.8) is 0 Å². The lowest BCUT2D eigenvalue weighted by Gasteiger charge is -2.28. The van der Waals surface area contributed by atoms with Gasteiger partial charge in [0.25, 0.3) is 0 Å². The first kappa shape index (κ1) is 24.2. The van der Waals surface area contributed by atoms with Crippen LogP contribution in [0, 0.1) is 29.2 Å². The smallest absolute Gasteiger partial charge is 0.132 e. The van der Waals surface area contributed by atoms with Crippen molar-refractivity contribution in [1.29, 1.82) is 0 Å². The molecule has 1 aliphatic rings. The van der Waals surface area contributed by atoms with Crippen molar-refractivity contribution in [3.05, 3.63) is 95.6 Å². The third kappa shape index (κ3) is 5.08. The van der Waals surface area contributed by atoms with E-state index in [2.05, 4.69) is 6.58 Å². The zero-order valence-electron chi connectivity index (χ0n) is 18.9. The van der Waals surface area contributed by atoms with E-state index in [4.69, 9.17) is 0 Å². The van der Waals surface area contributed by atoms with E-state index in [1.165, 1.54) is 18.2 Å². The van der Waals surface area contributed by atoms with Crippen LogP contribution in [0.25, 0.3) is 22.3 Å². The van der Waals surface area contributed by atoms with Crippen molar-refractivity contribution in [2.24, 2.45) is 5.92 Å². The molecule has 1 aliphatic carbocycles. The average Bonchev–Trinajstić information content (AvgIpc) is 2.82. The van der Waals surface area contributed by atoms with Gasteiger partial charge in [0, 0.05) is 11.1 Å². The molecule has 178 valence electrons. The number of benzene rings is 3. The Balaban J connectivity index is 1.53. The summed E-state index contributed by atoms with van der Waals surface area (Å²) in [5.41, 5.74) is 0.777. The van der Waals surface area contributed by atoms with E-state index in [1.807, 2.05) is 12.1 Å². The van der Waals surface area contributed by atoms with Crippen LogP contribution >= 0.6 is 0 Å². The molecule has 34 heavy (non-hydrogen) atoms. The fourth-order valence-electron chi connectivity index (χ4n) is 4.96. The Morgan fingerprint density at radius 2 is 1.32 bits per heavy atom. The summed E-state index contributed by atoms with van der Waals surface area (Å²) in [4.78, 5) is 0. The Bertz CT molecular complexity index is 1150. The van der Waals surface area contributed by atoms with Gasteiger partial charge in [-0.15, -0.1) is 6.58 Å². The molecule has 1 fully saturated rings. The number of hydrogen-bond acceptors (Lipinski definition) is 0. The van der Waals surface area contributed by atoms with Crippen LogP contribution in [-0.4, -0.2) is 0 Å². The Morgan fingerprint density at radius 1 is 0.735 bits per heavy atom. The zero-order chi connectivity index (χ0) is 24.2. The SMILES string of the molecule is C=CCCC1CCC(c2ccc(-c3ccc(-c4cc(F)c(CF)c(F)c4)c(F)c3)c(F)c2)CC1. The summed E-state index contributed by atoms with van der Waals surface area (Å²) < 4.78 is 70.5. The number of hydrogen-bond donors (Lipinski definition) is 0. The normalized spacial score (nSPS) is 18.1. The second-order valence-corrected chi connectivity index (χ2v) is 9.07. The van der Waals surface area contributed by atoms with E-state index < -0.39 is 35.5 Å². The van der Waals surface area contributed by atoms with Crippen molar-refractivity contribution < 1.29 is 22.0 Å². The van der Waals surface area contributed by atoms with Crippen LogP contribution in [0.2, 0.25) is 0 Å². The highest BCUT2D eigenvalue weighted by atomic mass is 19.2. The van der Waals surface area contributed by atoms with Gasteiger partial charge in [-0.05, 0) is 91.3 Å². The Labute approximate surface area is 197 Å². The third-order valence-electron chi connectivity index (χ3n) is 6.96. The summed E-state index contributed by atoms with van der Waals surface area (Å²) >= 11 is 0. The molecule has 1 saturated carbocycles. The van der Waals surface area contributed by atoms with Crippen molar-refractivity contribution in [2.45, 2.75) is 51.1 Å². The van der Waals surface area contributed by atoms with Gasteiger partial charge in [-0.25, -0.2) is 22.0 Å². The molecule has 0 radical (unpaired) electrons. The molecule has 3 aromatic carbocycles. The van der Waals surface area contributed by atoms with E-state index >= 15 is 4.39 Å². The predicted octanol–water partition coefficient (Wildman–Crippen LogP) is 9.29. The molecule has 0 heterocycles. The van der Waals surface area contributed by atoms with Gasteiger partial charge >= 0.3 is 0 Å². The van der Waals surface area contributed by atoms with Gasteiger partial charge in [0.2, 0.25) is 0 Å². The molecule has 0 nitrogen and oxygen atoms in total. The van der Waals surface area contributed by atoms with Gasteiger partial charge in [0.15, 0.2) is 0 Å². The van der Waals surface area contributed by atoms with Crippen molar-refractivity contribution in [2.75, 3.05) is 0 Å². The van der Waals surface area contributed by atoms with Gasteiger partial charge < -0.3 is 0 Å². The number of rotatable bonds is 7. The molecule has 0 unspecified atom stereocenters. The van der Waals surface area contributed by atoms with E-state index in [-0.39, 0.29) is 16.7 Å². The Morgan fingerprint density at radius 3 is 1.91 bits per heavy atom. The Kier molecular flexibility index (Phi) is 7.50. The summed E-state index contributed by atoms with van der Waals surface area (Å²) in [6.45, 7) is 2.50. The molecule has 4 rings (SSSR count). The average molecular weight is 471 g/mol. The Hall–Kier alpha value is -2.95. The molecule has 0 amide bonds. The lowest BCUT2D eigenvalue weighted by atomic mass is 9.77. The second kappa shape index (κ2) is 10.5. The van der Waals surface area contributed by atoms with Crippen LogP contribution in [0.3, 0.4) is 0 Å². The molecule has 0 N–H and O–H groups in total. The second-order valence-electron chi connectivity index (χ2n) is 9.07. The largest absolute Gasteiger partial charge is 0.246 e. The fraction of sp³-hybridized carbons (Fsp3) is 0.310. The maximum Gasteiger partial charge on any atom is 0.132 e. The van der Waals surface area contributed by atoms with Crippen molar-refractivity contribution >= 4 is 0 Å². The lowest BCUT2D eigenvalue weighted by Crippen LogP contribution is -2.13. The molecule has 0 bridgehead atoms. The first-order valence-electron chi connectivity index (χ1n) is 11.7. The summed E-state index contributed by atoms with van der Waals surface area (Å²) in [6.07, 6.45) is 8.44. The number of halogens is 5. The van der Waals surface area contributed by atoms with Crippen molar-refractivity contribution in [3.8, 4) is 22.3 Å². The molecule has 0 aliphatic heterocycles. The minimum Gasteiger partial charge on any atom is -0.246 e. The maximum atomic E-state index is 15.0. The van der Waals surface area contributed by atoms with Crippen LogP contribution in [0.4, 0.5) is 22.0 Å². The van der Waals surface area contributed by atoms with E-state index in [0.29, 0.717) is 17.4 Å². The van der Waals surface area contributed by atoms with Crippen LogP contribution in [0.15, 0.2) is 61.2 Å². The van der Waals surface area contributed by atoms with Gasteiger partial charge in [0.1, 0.15) is 29.9 Å². The molecule has 0 atom stereocenters. The van der Waals surface area contributed by atoms with Crippen LogP contribution in [0.5, 0.6) is 0 Å². The molecule has 5 heteroatoms. The van der Waals surface area contributed by atoms with E-state index in [1.54, 1.807) is 6.07 Å². The van der Waals surface area contributed by atoms with Gasteiger partial charge in [-0.2, -0.15) is 0 Å². The summed E-state index contributed by atoms with van der Waals surface area (Å²) in [5.74, 6) is -2.29. The third-order valence-corrected chi connectivity index (χ3v) is 6.96. The first-order valence-corrected chi connectivity index (χ1v) is 11.7. The highest BCUT2D eigenvalue weighted by Gasteiger charge is 2.23. The first-order chi connectivity index (χ1) is 16.4. The molecule has 0 saturated heterocycles. The minimum absolute atomic E-state index is 0.0443.